The average Bonchev–Trinajstić information content (AvgIpc) is 2.65. The Morgan fingerprint density at radius 2 is 1.81 bits per heavy atom. The van der Waals surface area contributed by atoms with Crippen molar-refractivity contribution in [3.8, 4) is 0 Å². The van der Waals surface area contributed by atoms with Gasteiger partial charge in [-0.15, -0.1) is 0 Å². The van der Waals surface area contributed by atoms with E-state index in [1.807, 2.05) is 0 Å². The van der Waals surface area contributed by atoms with Crippen LogP contribution >= 0.6 is 23.2 Å². The number of amides is 1. The van der Waals surface area contributed by atoms with E-state index in [9.17, 15) is 4.79 Å². The molecule has 0 aliphatic carbocycles. The fourth-order valence-corrected chi connectivity index (χ4v) is 3.38. The van der Waals surface area contributed by atoms with Crippen LogP contribution in [0.25, 0.3) is 0 Å². The normalized spacial score (nSPS) is 16.3. The van der Waals surface area contributed by atoms with E-state index in [1.165, 1.54) is 10.5 Å². The summed E-state index contributed by atoms with van der Waals surface area (Å²) in [4.78, 5) is 14.2. The topological polar surface area (TPSA) is 42.8 Å². The number of ether oxygens (including phenoxy) is 1. The van der Waals surface area contributed by atoms with Crippen molar-refractivity contribution in [1.82, 2.24) is 5.32 Å². The highest BCUT2D eigenvalue weighted by atomic mass is 35.5. The number of hydrogen-bond acceptors (Lipinski definition) is 2. The van der Waals surface area contributed by atoms with Crippen LogP contribution in [0.4, 0.5) is 0 Å². The number of halogens is 2. The van der Waals surface area contributed by atoms with Crippen molar-refractivity contribution in [1.29, 1.82) is 0 Å². The smallest absolute Gasteiger partial charge is 0.252 e. The summed E-state index contributed by atoms with van der Waals surface area (Å²) in [6, 6.07) is 13.2. The van der Waals surface area contributed by atoms with E-state index in [0.717, 1.165) is 38.4 Å². The first-order valence-electron chi connectivity index (χ1n) is 8.77. The molecule has 26 heavy (non-hydrogen) atoms. The molecule has 2 aromatic rings. The van der Waals surface area contributed by atoms with Gasteiger partial charge in [-0.2, -0.15) is 0 Å². The highest BCUT2D eigenvalue weighted by molar-refractivity contribution is 6.42. The van der Waals surface area contributed by atoms with Crippen LogP contribution in [0.5, 0.6) is 0 Å². The fraction of sp³-hybridized carbons (Fsp3) is 0.350. The van der Waals surface area contributed by atoms with E-state index in [2.05, 4.69) is 36.5 Å². The number of quaternary nitrogens is 1. The van der Waals surface area contributed by atoms with Crippen molar-refractivity contribution in [3.63, 3.8) is 0 Å². The van der Waals surface area contributed by atoms with Crippen LogP contribution in [0, 0.1) is 6.92 Å². The zero-order valence-electron chi connectivity index (χ0n) is 14.7. The van der Waals surface area contributed by atoms with Gasteiger partial charge in [-0.3, -0.25) is 4.79 Å². The molecule has 1 saturated heterocycles. The molecule has 4 nitrogen and oxygen atoms in total. The highest BCUT2D eigenvalue weighted by Crippen LogP contribution is 2.23. The molecule has 3 rings (SSSR count). The Kier molecular flexibility index (Phi) is 6.54. The molecular weight excluding hydrogens is 371 g/mol. The maximum absolute atomic E-state index is 12.8. The van der Waals surface area contributed by atoms with E-state index in [1.54, 1.807) is 18.2 Å². The van der Waals surface area contributed by atoms with Gasteiger partial charge in [0.05, 0.1) is 23.3 Å². The van der Waals surface area contributed by atoms with Crippen molar-refractivity contribution < 1.29 is 14.4 Å². The predicted molar refractivity (Wildman–Crippen MR) is 104 cm³/mol. The summed E-state index contributed by atoms with van der Waals surface area (Å²) in [7, 11) is 0. The molecule has 0 bridgehead atoms. The minimum Gasteiger partial charge on any atom is -0.370 e. The lowest BCUT2D eigenvalue weighted by Crippen LogP contribution is -3.14. The summed E-state index contributed by atoms with van der Waals surface area (Å²) < 4.78 is 5.44. The van der Waals surface area contributed by atoms with Gasteiger partial charge in [0.2, 0.25) is 0 Å². The van der Waals surface area contributed by atoms with Gasteiger partial charge in [0.1, 0.15) is 25.7 Å². The Hall–Kier alpha value is -1.59. The third kappa shape index (κ3) is 4.98. The van der Waals surface area contributed by atoms with Crippen LogP contribution in [0.15, 0.2) is 42.5 Å². The van der Waals surface area contributed by atoms with Gasteiger partial charge in [0, 0.05) is 5.56 Å². The molecule has 2 aromatic carbocycles. The second-order valence-corrected chi connectivity index (χ2v) is 7.45. The summed E-state index contributed by atoms with van der Waals surface area (Å²) in [5.41, 5.74) is 2.80. The van der Waals surface area contributed by atoms with Crippen LogP contribution in [0.2, 0.25) is 10.0 Å². The van der Waals surface area contributed by atoms with Gasteiger partial charge < -0.3 is 15.0 Å². The Morgan fingerprint density at radius 1 is 1.12 bits per heavy atom. The first-order valence-corrected chi connectivity index (χ1v) is 9.52. The van der Waals surface area contributed by atoms with Gasteiger partial charge >= 0.3 is 0 Å². The molecule has 1 heterocycles. The zero-order chi connectivity index (χ0) is 18.5. The molecule has 1 fully saturated rings. The molecule has 6 heteroatoms. The summed E-state index contributed by atoms with van der Waals surface area (Å²) in [6.45, 7) is 6.29. The molecule has 1 aliphatic heterocycles. The third-order valence-corrected chi connectivity index (χ3v) is 5.40. The number of carbonyl (C=O) groups excluding carboxylic acids is 1. The van der Waals surface area contributed by atoms with Crippen molar-refractivity contribution in [2.45, 2.75) is 13.0 Å². The Morgan fingerprint density at radius 3 is 2.46 bits per heavy atom. The van der Waals surface area contributed by atoms with Gasteiger partial charge in [-0.1, -0.05) is 53.0 Å². The van der Waals surface area contributed by atoms with Gasteiger partial charge in [0.15, 0.2) is 0 Å². The second-order valence-electron chi connectivity index (χ2n) is 6.63. The maximum atomic E-state index is 12.8. The minimum atomic E-state index is -0.151. The monoisotopic (exact) mass is 393 g/mol. The lowest BCUT2D eigenvalue weighted by atomic mass is 10.0. The third-order valence-electron chi connectivity index (χ3n) is 4.66. The molecule has 0 saturated carbocycles. The number of benzene rings is 2. The van der Waals surface area contributed by atoms with Crippen LogP contribution in [0.1, 0.15) is 27.5 Å². The summed E-state index contributed by atoms with van der Waals surface area (Å²) >= 11 is 12.0. The fourth-order valence-electron chi connectivity index (χ4n) is 3.08. The van der Waals surface area contributed by atoms with Crippen LogP contribution in [0.3, 0.4) is 0 Å². The Balaban J connectivity index is 1.78. The molecule has 1 aliphatic rings. The van der Waals surface area contributed by atoms with Crippen molar-refractivity contribution >= 4 is 29.1 Å². The largest absolute Gasteiger partial charge is 0.370 e. The molecule has 0 aromatic heterocycles. The average molecular weight is 394 g/mol. The number of nitrogens with one attached hydrogen (secondary N) is 2. The van der Waals surface area contributed by atoms with E-state index in [4.69, 9.17) is 27.9 Å². The molecule has 0 radical (unpaired) electrons. The molecule has 138 valence electrons. The maximum Gasteiger partial charge on any atom is 0.252 e. The molecule has 1 amide bonds. The standard InChI is InChI=1S/C20H22Cl2N2O2/c1-14-2-4-15(5-3-14)19(13-24-8-10-26-11-9-24)23-20(25)16-6-7-17(21)18(22)12-16/h2-7,12,19H,8-11,13H2,1H3,(H,23,25)/p+1/t19-/m0/s1. The molecule has 0 unspecified atom stereocenters. The number of hydrogen-bond donors (Lipinski definition) is 2. The van der Waals surface area contributed by atoms with E-state index < -0.39 is 0 Å². The molecular formula is C20H23Cl2N2O2+. The van der Waals surface area contributed by atoms with Crippen LogP contribution < -0.4 is 10.2 Å². The number of carbonyl (C=O) groups is 1. The van der Waals surface area contributed by atoms with Crippen LogP contribution in [-0.2, 0) is 4.74 Å². The van der Waals surface area contributed by atoms with E-state index >= 15 is 0 Å². The molecule has 2 N–H and O–H groups in total. The summed E-state index contributed by atoms with van der Waals surface area (Å²) in [5.74, 6) is -0.151. The lowest BCUT2D eigenvalue weighted by molar-refractivity contribution is -0.909. The SMILES string of the molecule is Cc1ccc([C@H](C[NH+]2CCOCC2)NC(=O)c2ccc(Cl)c(Cl)c2)cc1. The van der Waals surface area contributed by atoms with Crippen molar-refractivity contribution in [2.24, 2.45) is 0 Å². The van der Waals surface area contributed by atoms with Crippen LogP contribution in [-0.4, -0.2) is 38.8 Å². The Labute approximate surface area is 164 Å². The Bertz CT molecular complexity index is 759. The van der Waals surface area contributed by atoms with Gasteiger partial charge in [-0.25, -0.2) is 0 Å². The summed E-state index contributed by atoms with van der Waals surface area (Å²) in [6.07, 6.45) is 0. The van der Waals surface area contributed by atoms with Crippen molar-refractivity contribution in [2.75, 3.05) is 32.8 Å². The van der Waals surface area contributed by atoms with Crippen molar-refractivity contribution in [3.05, 3.63) is 69.2 Å². The summed E-state index contributed by atoms with van der Waals surface area (Å²) in [5, 5.41) is 3.98. The molecule has 0 spiro atoms. The number of rotatable bonds is 5. The van der Waals surface area contributed by atoms with E-state index in [-0.39, 0.29) is 11.9 Å². The minimum absolute atomic E-state index is 0.0781. The quantitative estimate of drug-likeness (QED) is 0.819. The molecule has 1 atom stereocenters. The zero-order valence-corrected chi connectivity index (χ0v) is 16.2. The van der Waals surface area contributed by atoms with Gasteiger partial charge in [-0.05, 0) is 30.7 Å². The van der Waals surface area contributed by atoms with Gasteiger partial charge in [0.25, 0.3) is 5.91 Å². The predicted octanol–water partition coefficient (Wildman–Crippen LogP) is 2.69. The number of morpholine rings is 1. The first kappa shape index (κ1) is 19.2. The van der Waals surface area contributed by atoms with E-state index in [0.29, 0.717) is 15.6 Å². The lowest BCUT2D eigenvalue weighted by Gasteiger charge is -2.28. The highest BCUT2D eigenvalue weighted by Gasteiger charge is 2.23. The second kappa shape index (κ2) is 8.87. The first-order chi connectivity index (χ1) is 12.5. The number of aryl methyl sites for hydroxylation is 1.